The molecular weight excluding hydrogens is 302 g/mol. The maximum atomic E-state index is 5.60. The number of aromatic nitrogens is 2. The van der Waals surface area contributed by atoms with Crippen LogP contribution in [0.5, 0.6) is 0 Å². The van der Waals surface area contributed by atoms with Gasteiger partial charge >= 0.3 is 0 Å². The number of benzene rings is 1. The van der Waals surface area contributed by atoms with E-state index in [0.717, 1.165) is 40.8 Å². The summed E-state index contributed by atoms with van der Waals surface area (Å²) < 4.78 is 2.21. The molecule has 0 saturated heterocycles. The van der Waals surface area contributed by atoms with Crippen LogP contribution >= 0.6 is 11.8 Å². The minimum atomic E-state index is 0.893. The van der Waals surface area contributed by atoms with Crippen molar-refractivity contribution < 1.29 is 0 Å². The van der Waals surface area contributed by atoms with E-state index in [0.29, 0.717) is 0 Å². The number of hydrogen-bond donors (Lipinski definition) is 1. The Labute approximate surface area is 142 Å². The molecule has 0 amide bonds. The Kier molecular flexibility index (Phi) is 6.11. The van der Waals surface area contributed by atoms with Crippen molar-refractivity contribution in [3.8, 4) is 11.4 Å². The number of rotatable bonds is 6. The molecule has 0 aliphatic heterocycles. The fourth-order valence-electron chi connectivity index (χ4n) is 2.49. The molecule has 0 unspecified atom stereocenters. The molecular formula is C19H25N3S. The monoisotopic (exact) mass is 327 g/mol. The summed E-state index contributed by atoms with van der Waals surface area (Å²) in [6, 6.07) is 8.44. The van der Waals surface area contributed by atoms with Crippen molar-refractivity contribution in [2.75, 3.05) is 5.75 Å². The SMILES string of the molecule is C=c1/c(=C\C(C)=C/N)nc(-c2ccccc2SCC)n1CCC. The molecule has 2 rings (SSSR count). The summed E-state index contributed by atoms with van der Waals surface area (Å²) in [5.41, 5.74) is 7.75. The molecule has 4 heteroatoms. The van der Waals surface area contributed by atoms with E-state index in [4.69, 9.17) is 10.7 Å². The fourth-order valence-corrected chi connectivity index (χ4v) is 3.29. The van der Waals surface area contributed by atoms with E-state index in [2.05, 4.69) is 49.3 Å². The van der Waals surface area contributed by atoms with Gasteiger partial charge < -0.3 is 10.3 Å². The lowest BCUT2D eigenvalue weighted by Gasteiger charge is -2.10. The van der Waals surface area contributed by atoms with Gasteiger partial charge in [0, 0.05) is 17.0 Å². The lowest BCUT2D eigenvalue weighted by molar-refractivity contribution is 0.669. The van der Waals surface area contributed by atoms with Crippen molar-refractivity contribution in [3.63, 3.8) is 0 Å². The molecule has 2 N–H and O–H groups in total. The Bertz CT molecular complexity index is 803. The molecule has 3 nitrogen and oxygen atoms in total. The van der Waals surface area contributed by atoms with E-state index in [9.17, 15) is 0 Å². The van der Waals surface area contributed by atoms with Crippen molar-refractivity contribution in [2.45, 2.75) is 38.6 Å². The molecule has 1 heterocycles. The predicted molar refractivity (Wildman–Crippen MR) is 102 cm³/mol. The van der Waals surface area contributed by atoms with E-state index in [1.54, 1.807) is 6.20 Å². The van der Waals surface area contributed by atoms with Crippen molar-refractivity contribution in [3.05, 3.63) is 46.7 Å². The molecule has 2 aromatic rings. The van der Waals surface area contributed by atoms with Gasteiger partial charge in [-0.1, -0.05) is 38.6 Å². The third kappa shape index (κ3) is 3.88. The Morgan fingerprint density at radius 1 is 1.35 bits per heavy atom. The van der Waals surface area contributed by atoms with E-state index >= 15 is 0 Å². The van der Waals surface area contributed by atoms with Gasteiger partial charge in [0.25, 0.3) is 0 Å². The van der Waals surface area contributed by atoms with E-state index in [-0.39, 0.29) is 0 Å². The van der Waals surface area contributed by atoms with Crippen molar-refractivity contribution in [1.29, 1.82) is 0 Å². The van der Waals surface area contributed by atoms with Gasteiger partial charge in [-0.15, -0.1) is 11.8 Å². The molecule has 0 spiro atoms. The van der Waals surface area contributed by atoms with Crippen LogP contribution in [0.3, 0.4) is 0 Å². The number of nitrogens with two attached hydrogens (primary N) is 1. The van der Waals surface area contributed by atoms with Crippen LogP contribution in [-0.4, -0.2) is 15.3 Å². The van der Waals surface area contributed by atoms with E-state index in [1.807, 2.05) is 24.8 Å². The molecule has 0 bridgehead atoms. The highest BCUT2D eigenvalue weighted by atomic mass is 32.2. The second-order valence-corrected chi connectivity index (χ2v) is 6.71. The van der Waals surface area contributed by atoms with Crippen molar-refractivity contribution in [1.82, 2.24) is 9.55 Å². The highest BCUT2D eigenvalue weighted by Crippen LogP contribution is 2.29. The average Bonchev–Trinajstić information content (AvgIpc) is 2.85. The average molecular weight is 327 g/mol. The van der Waals surface area contributed by atoms with Gasteiger partial charge in [0.2, 0.25) is 0 Å². The second kappa shape index (κ2) is 8.06. The van der Waals surface area contributed by atoms with Gasteiger partial charge in [0.05, 0.1) is 10.7 Å². The quantitative estimate of drug-likeness (QED) is 0.829. The normalized spacial score (nSPS) is 12.8. The smallest absolute Gasteiger partial charge is 0.142 e. The van der Waals surface area contributed by atoms with Crippen molar-refractivity contribution >= 4 is 24.4 Å². The summed E-state index contributed by atoms with van der Waals surface area (Å²) in [5.74, 6) is 2.03. The first-order valence-corrected chi connectivity index (χ1v) is 8.98. The van der Waals surface area contributed by atoms with Crippen LogP contribution in [0.4, 0.5) is 0 Å². The fraction of sp³-hybridized carbons (Fsp3) is 0.316. The molecule has 0 fully saturated rings. The minimum Gasteiger partial charge on any atom is -0.404 e. The van der Waals surface area contributed by atoms with Crippen LogP contribution in [0, 0.1) is 0 Å². The second-order valence-electron chi connectivity index (χ2n) is 5.40. The van der Waals surface area contributed by atoms with E-state index in [1.165, 1.54) is 10.5 Å². The number of imidazole rings is 1. The standard InChI is InChI=1S/C19H25N3S/c1-5-11-22-15(4)17(12-14(3)13-20)21-19(22)16-9-7-8-10-18(16)23-6-2/h7-10,12-13H,4-6,11,20H2,1-3H3/b14-13-,17-12+. The summed E-state index contributed by atoms with van der Waals surface area (Å²) in [5, 5.41) is 1.84. The summed E-state index contributed by atoms with van der Waals surface area (Å²) in [4.78, 5) is 6.12. The largest absolute Gasteiger partial charge is 0.404 e. The van der Waals surface area contributed by atoms with Gasteiger partial charge in [0.15, 0.2) is 0 Å². The lowest BCUT2D eigenvalue weighted by atomic mass is 10.2. The first-order chi connectivity index (χ1) is 11.1. The number of nitrogens with zero attached hydrogens (tertiary/aromatic N) is 2. The maximum Gasteiger partial charge on any atom is 0.142 e. The van der Waals surface area contributed by atoms with Crippen LogP contribution in [0.25, 0.3) is 24.0 Å². The number of allylic oxidation sites excluding steroid dienone is 1. The minimum absolute atomic E-state index is 0.893. The topological polar surface area (TPSA) is 43.8 Å². The Morgan fingerprint density at radius 3 is 2.74 bits per heavy atom. The van der Waals surface area contributed by atoms with Gasteiger partial charge in [-0.05, 0) is 43.0 Å². The van der Waals surface area contributed by atoms with Gasteiger partial charge in [-0.3, -0.25) is 0 Å². The lowest BCUT2D eigenvalue weighted by Crippen LogP contribution is -2.28. The van der Waals surface area contributed by atoms with Gasteiger partial charge in [-0.25, -0.2) is 4.98 Å². The zero-order valence-electron chi connectivity index (χ0n) is 14.2. The molecule has 0 radical (unpaired) electrons. The molecule has 23 heavy (non-hydrogen) atoms. The van der Waals surface area contributed by atoms with Crippen molar-refractivity contribution in [2.24, 2.45) is 5.73 Å². The maximum absolute atomic E-state index is 5.60. The third-order valence-electron chi connectivity index (χ3n) is 3.61. The highest BCUT2D eigenvalue weighted by Gasteiger charge is 2.12. The first kappa shape index (κ1) is 17.4. The summed E-state index contributed by atoms with van der Waals surface area (Å²) in [6.45, 7) is 11.5. The Hall–Kier alpha value is -1.94. The summed E-state index contributed by atoms with van der Waals surface area (Å²) >= 11 is 1.84. The third-order valence-corrected chi connectivity index (χ3v) is 4.56. The molecule has 0 saturated carbocycles. The van der Waals surface area contributed by atoms with Crippen LogP contribution in [-0.2, 0) is 6.54 Å². The van der Waals surface area contributed by atoms with Gasteiger partial charge in [-0.2, -0.15) is 0 Å². The van der Waals surface area contributed by atoms with Crippen LogP contribution in [0.15, 0.2) is 40.9 Å². The van der Waals surface area contributed by atoms with Crippen LogP contribution < -0.4 is 16.4 Å². The van der Waals surface area contributed by atoms with Gasteiger partial charge in [0.1, 0.15) is 5.82 Å². The first-order valence-electron chi connectivity index (χ1n) is 8.00. The molecule has 1 aromatic carbocycles. The highest BCUT2D eigenvalue weighted by molar-refractivity contribution is 7.99. The predicted octanol–water partition coefficient (Wildman–Crippen LogP) is 3.13. The molecule has 1 aromatic heterocycles. The summed E-state index contributed by atoms with van der Waals surface area (Å²) in [7, 11) is 0. The Balaban J connectivity index is 2.70. The Morgan fingerprint density at radius 2 is 2.09 bits per heavy atom. The molecule has 122 valence electrons. The number of thioether (sulfide) groups is 1. The molecule has 0 atom stereocenters. The number of hydrogen-bond acceptors (Lipinski definition) is 3. The zero-order valence-corrected chi connectivity index (χ0v) is 15.0. The molecule has 0 aliphatic carbocycles. The van der Waals surface area contributed by atoms with E-state index < -0.39 is 0 Å². The van der Waals surface area contributed by atoms with Crippen LogP contribution in [0.2, 0.25) is 0 Å². The zero-order chi connectivity index (χ0) is 16.8. The van der Waals surface area contributed by atoms with Crippen LogP contribution in [0.1, 0.15) is 27.2 Å². The summed E-state index contributed by atoms with van der Waals surface area (Å²) in [6.07, 6.45) is 4.63. The molecule has 0 aliphatic rings.